The minimum atomic E-state index is -0.661. The van der Waals surface area contributed by atoms with Crippen molar-refractivity contribution < 1.29 is 14.0 Å². The molecule has 0 aliphatic heterocycles. The Labute approximate surface area is 189 Å². The Hall–Kier alpha value is -3.47. The number of amides is 2. The van der Waals surface area contributed by atoms with Gasteiger partial charge in [-0.3, -0.25) is 9.59 Å². The van der Waals surface area contributed by atoms with E-state index < -0.39 is 6.04 Å². The lowest BCUT2D eigenvalue weighted by molar-refractivity contribution is -0.141. The predicted molar refractivity (Wildman–Crippen MR) is 124 cm³/mol. The van der Waals surface area contributed by atoms with E-state index in [9.17, 15) is 14.0 Å². The number of nitrogens with one attached hydrogen (secondary N) is 1. The molecule has 1 N–H and O–H groups in total. The fourth-order valence-electron chi connectivity index (χ4n) is 3.64. The summed E-state index contributed by atoms with van der Waals surface area (Å²) in [4.78, 5) is 27.8. The molecule has 0 bridgehead atoms. The van der Waals surface area contributed by atoms with Gasteiger partial charge < -0.3 is 10.2 Å². The van der Waals surface area contributed by atoms with Gasteiger partial charge in [-0.25, -0.2) is 4.39 Å². The van der Waals surface area contributed by atoms with Crippen molar-refractivity contribution in [1.29, 1.82) is 0 Å². The van der Waals surface area contributed by atoms with Gasteiger partial charge in [0.05, 0.1) is 0 Å². The maximum atomic E-state index is 13.4. The first-order chi connectivity index (χ1) is 15.6. The van der Waals surface area contributed by atoms with Crippen LogP contribution < -0.4 is 5.32 Å². The number of halogens is 1. The van der Waals surface area contributed by atoms with Crippen molar-refractivity contribution >= 4 is 11.8 Å². The molecule has 0 aliphatic rings. The van der Waals surface area contributed by atoms with E-state index in [1.807, 2.05) is 60.7 Å². The van der Waals surface area contributed by atoms with Crippen molar-refractivity contribution in [3.8, 4) is 0 Å². The smallest absolute Gasteiger partial charge is 0.243 e. The third-order valence-electron chi connectivity index (χ3n) is 5.40. The van der Waals surface area contributed by atoms with Gasteiger partial charge in [-0.1, -0.05) is 79.7 Å². The van der Waals surface area contributed by atoms with E-state index in [1.165, 1.54) is 12.1 Å². The molecule has 2 amide bonds. The fraction of sp³-hybridized carbons (Fsp3) is 0.259. The van der Waals surface area contributed by atoms with Crippen LogP contribution in [0.15, 0.2) is 84.9 Å². The highest BCUT2D eigenvalue weighted by Gasteiger charge is 2.29. The maximum absolute atomic E-state index is 13.4. The Bertz CT molecular complexity index is 991. The lowest BCUT2D eigenvalue weighted by Gasteiger charge is -2.31. The van der Waals surface area contributed by atoms with E-state index in [-0.39, 0.29) is 30.6 Å². The van der Waals surface area contributed by atoms with Crippen LogP contribution in [0.1, 0.15) is 30.0 Å². The summed E-state index contributed by atoms with van der Waals surface area (Å²) in [5.74, 6) is -0.635. The third-order valence-corrected chi connectivity index (χ3v) is 5.40. The molecule has 3 aromatic carbocycles. The zero-order chi connectivity index (χ0) is 22.8. The summed E-state index contributed by atoms with van der Waals surface area (Å²) in [6, 6.07) is 25.0. The molecule has 3 aromatic rings. The molecule has 0 unspecified atom stereocenters. The lowest BCUT2D eigenvalue weighted by atomic mass is 10.0. The van der Waals surface area contributed by atoms with Crippen molar-refractivity contribution in [3.05, 3.63) is 107 Å². The highest BCUT2D eigenvalue weighted by molar-refractivity contribution is 5.88. The second-order valence-electron chi connectivity index (χ2n) is 7.73. The Morgan fingerprint density at radius 2 is 1.44 bits per heavy atom. The second kappa shape index (κ2) is 11.8. The number of nitrogens with zero attached hydrogens (tertiary/aromatic N) is 1. The third kappa shape index (κ3) is 6.77. The molecule has 32 heavy (non-hydrogen) atoms. The summed E-state index contributed by atoms with van der Waals surface area (Å²) in [6.45, 7) is 2.52. The number of hydrogen-bond donors (Lipinski definition) is 1. The number of carbonyl (C=O) groups excluding carboxylic acids is 2. The highest BCUT2D eigenvalue weighted by atomic mass is 19.1. The van der Waals surface area contributed by atoms with Gasteiger partial charge in [-0.15, -0.1) is 0 Å². The minimum Gasteiger partial charge on any atom is -0.354 e. The quantitative estimate of drug-likeness (QED) is 0.512. The summed E-state index contributed by atoms with van der Waals surface area (Å²) < 4.78 is 13.4. The van der Waals surface area contributed by atoms with E-state index in [2.05, 4.69) is 5.32 Å². The van der Waals surface area contributed by atoms with Crippen LogP contribution in [0.4, 0.5) is 4.39 Å². The molecule has 0 heterocycles. The van der Waals surface area contributed by atoms with Crippen LogP contribution in [0.5, 0.6) is 0 Å². The van der Waals surface area contributed by atoms with Gasteiger partial charge in [0.25, 0.3) is 0 Å². The Morgan fingerprint density at radius 3 is 2.03 bits per heavy atom. The first-order valence-electron chi connectivity index (χ1n) is 11.0. The maximum Gasteiger partial charge on any atom is 0.243 e. The molecule has 166 valence electrons. The molecule has 0 aliphatic carbocycles. The van der Waals surface area contributed by atoms with Gasteiger partial charge >= 0.3 is 0 Å². The molecular formula is C27H29FN2O2. The number of benzene rings is 3. The Balaban J connectivity index is 1.79. The molecule has 0 fully saturated rings. The number of hydrogen-bond acceptors (Lipinski definition) is 2. The van der Waals surface area contributed by atoms with E-state index in [4.69, 9.17) is 0 Å². The molecule has 5 heteroatoms. The number of rotatable bonds is 10. The standard InChI is InChI=1S/C27H29FN2O2/c1-2-26(31)30(20-23-13-15-24(28)16-14-23)25(19-22-11-7-4-8-12-22)27(32)29-18-17-21-9-5-3-6-10-21/h3-16,25H,2,17-20H2,1H3,(H,29,32)/t25-/m0/s1. The van der Waals surface area contributed by atoms with Crippen molar-refractivity contribution in [2.45, 2.75) is 38.8 Å². The van der Waals surface area contributed by atoms with Crippen LogP contribution in [-0.2, 0) is 29.0 Å². The zero-order valence-electron chi connectivity index (χ0n) is 18.3. The molecule has 4 nitrogen and oxygen atoms in total. The van der Waals surface area contributed by atoms with Crippen LogP contribution in [-0.4, -0.2) is 29.3 Å². The average molecular weight is 433 g/mol. The van der Waals surface area contributed by atoms with E-state index in [1.54, 1.807) is 24.0 Å². The summed E-state index contributed by atoms with van der Waals surface area (Å²) >= 11 is 0. The van der Waals surface area contributed by atoms with E-state index in [0.717, 1.165) is 16.7 Å². The fourth-order valence-corrected chi connectivity index (χ4v) is 3.64. The lowest BCUT2D eigenvalue weighted by Crippen LogP contribution is -2.50. The summed E-state index contributed by atoms with van der Waals surface area (Å²) in [7, 11) is 0. The monoisotopic (exact) mass is 432 g/mol. The predicted octanol–water partition coefficient (Wildman–Crippen LogP) is 4.53. The molecule has 0 saturated heterocycles. The molecule has 0 radical (unpaired) electrons. The van der Waals surface area contributed by atoms with Crippen LogP contribution in [0.2, 0.25) is 0 Å². The summed E-state index contributed by atoms with van der Waals surface area (Å²) in [6.07, 6.45) is 1.40. The number of carbonyl (C=O) groups is 2. The van der Waals surface area contributed by atoms with Gasteiger partial charge in [-0.2, -0.15) is 0 Å². The summed E-state index contributed by atoms with van der Waals surface area (Å²) in [5.41, 5.74) is 2.90. The van der Waals surface area contributed by atoms with E-state index in [0.29, 0.717) is 19.4 Å². The van der Waals surface area contributed by atoms with Gasteiger partial charge in [0, 0.05) is 25.9 Å². The molecule has 0 saturated carbocycles. The van der Waals surface area contributed by atoms with Crippen LogP contribution in [0.25, 0.3) is 0 Å². The van der Waals surface area contributed by atoms with Crippen molar-refractivity contribution in [2.24, 2.45) is 0 Å². The van der Waals surface area contributed by atoms with Crippen LogP contribution in [0.3, 0.4) is 0 Å². The van der Waals surface area contributed by atoms with Crippen molar-refractivity contribution in [2.75, 3.05) is 6.54 Å². The first kappa shape index (κ1) is 23.2. The van der Waals surface area contributed by atoms with Gasteiger partial charge in [-0.05, 0) is 35.2 Å². The molecule has 1 atom stereocenters. The van der Waals surface area contributed by atoms with Gasteiger partial charge in [0.15, 0.2) is 0 Å². The van der Waals surface area contributed by atoms with Crippen LogP contribution in [0, 0.1) is 5.82 Å². The average Bonchev–Trinajstić information content (AvgIpc) is 2.83. The van der Waals surface area contributed by atoms with E-state index >= 15 is 0 Å². The topological polar surface area (TPSA) is 49.4 Å². The molecule has 0 spiro atoms. The molecule has 3 rings (SSSR count). The van der Waals surface area contributed by atoms with Gasteiger partial charge in [0.2, 0.25) is 11.8 Å². The second-order valence-corrected chi connectivity index (χ2v) is 7.73. The first-order valence-corrected chi connectivity index (χ1v) is 11.0. The highest BCUT2D eigenvalue weighted by Crippen LogP contribution is 2.16. The molecule has 0 aromatic heterocycles. The summed E-state index contributed by atoms with van der Waals surface area (Å²) in [5, 5.41) is 3.01. The Kier molecular flexibility index (Phi) is 8.55. The minimum absolute atomic E-state index is 0.117. The van der Waals surface area contributed by atoms with Gasteiger partial charge in [0.1, 0.15) is 11.9 Å². The SMILES string of the molecule is CCC(=O)N(Cc1ccc(F)cc1)[C@@H](Cc1ccccc1)C(=O)NCCc1ccccc1. The normalized spacial score (nSPS) is 11.6. The molecular weight excluding hydrogens is 403 g/mol. The van der Waals surface area contributed by atoms with Crippen LogP contribution >= 0.6 is 0 Å². The largest absolute Gasteiger partial charge is 0.354 e. The van der Waals surface area contributed by atoms with Crippen molar-refractivity contribution in [1.82, 2.24) is 10.2 Å². The Morgan fingerprint density at radius 1 is 0.844 bits per heavy atom. The zero-order valence-corrected chi connectivity index (χ0v) is 18.3. The van der Waals surface area contributed by atoms with Crippen molar-refractivity contribution in [3.63, 3.8) is 0 Å².